The van der Waals surface area contributed by atoms with Gasteiger partial charge in [0.15, 0.2) is 5.78 Å². The molecule has 0 radical (unpaired) electrons. The summed E-state index contributed by atoms with van der Waals surface area (Å²) < 4.78 is 16.3. The Morgan fingerprint density at radius 3 is 2.49 bits per heavy atom. The highest BCUT2D eigenvalue weighted by molar-refractivity contribution is 6.03. The molecule has 0 spiro atoms. The van der Waals surface area contributed by atoms with Gasteiger partial charge in [-0.3, -0.25) is 4.79 Å². The molecule has 0 amide bonds. The van der Waals surface area contributed by atoms with E-state index in [0.717, 1.165) is 22.0 Å². The van der Waals surface area contributed by atoms with Crippen LogP contribution in [0.25, 0.3) is 21.9 Å². The average Bonchev–Trinajstić information content (AvgIpc) is 3.31. The average molecular weight is 469 g/mol. The van der Waals surface area contributed by atoms with E-state index in [1.165, 1.54) is 0 Å². The van der Waals surface area contributed by atoms with Crippen molar-refractivity contribution in [3.63, 3.8) is 0 Å². The predicted octanol–water partition coefficient (Wildman–Crippen LogP) is 5.40. The van der Waals surface area contributed by atoms with E-state index < -0.39 is 17.3 Å². The zero-order chi connectivity index (χ0) is 24.5. The molecule has 0 saturated carbocycles. The number of aromatic hydroxyl groups is 1. The summed E-state index contributed by atoms with van der Waals surface area (Å²) in [5.74, 6) is -0.231. The Hall–Kier alpha value is -4.52. The first-order valence-electron chi connectivity index (χ1n) is 11.1. The van der Waals surface area contributed by atoms with Crippen LogP contribution in [0.4, 0.5) is 0 Å². The van der Waals surface area contributed by atoms with Gasteiger partial charge in [-0.2, -0.15) is 0 Å². The minimum Gasteiger partial charge on any atom is -0.506 e. The monoisotopic (exact) mass is 469 g/mol. The van der Waals surface area contributed by atoms with E-state index >= 15 is 0 Å². The van der Waals surface area contributed by atoms with Gasteiger partial charge in [0, 0.05) is 41.1 Å². The number of carbonyl (C=O) groups is 1. The fourth-order valence-corrected chi connectivity index (χ4v) is 4.54. The number of aromatic amines is 1. The fraction of sp³-hybridized carbons (Fsp3) is 0.143. The first-order valence-corrected chi connectivity index (χ1v) is 11.1. The molecular formula is C28H23NO6. The quantitative estimate of drug-likeness (QED) is 0.244. The Balaban J connectivity index is 1.66. The Morgan fingerprint density at radius 2 is 1.71 bits per heavy atom. The summed E-state index contributed by atoms with van der Waals surface area (Å²) in [6, 6.07) is 19.7. The van der Waals surface area contributed by atoms with Crippen LogP contribution in [0, 0.1) is 0 Å². The molecule has 0 aliphatic heterocycles. The lowest BCUT2D eigenvalue weighted by Crippen LogP contribution is -2.18. The van der Waals surface area contributed by atoms with Crippen LogP contribution < -0.4 is 15.1 Å². The summed E-state index contributed by atoms with van der Waals surface area (Å²) in [5.41, 5.74) is 1.52. The predicted molar refractivity (Wildman–Crippen MR) is 133 cm³/mol. The number of ketones is 1. The van der Waals surface area contributed by atoms with Crippen LogP contribution in [0.15, 0.2) is 82.1 Å². The van der Waals surface area contributed by atoms with Crippen LogP contribution >= 0.6 is 0 Å². The van der Waals surface area contributed by atoms with Crippen LogP contribution in [-0.2, 0) is 0 Å². The van der Waals surface area contributed by atoms with Gasteiger partial charge in [-0.1, -0.05) is 36.4 Å². The highest BCUT2D eigenvalue weighted by Gasteiger charge is 2.29. The third-order valence-corrected chi connectivity index (χ3v) is 6.27. The molecule has 5 aromatic rings. The zero-order valence-corrected chi connectivity index (χ0v) is 19.2. The largest absolute Gasteiger partial charge is 0.506 e. The molecule has 1 atom stereocenters. The number of H-pyrrole nitrogens is 1. The Bertz CT molecular complexity index is 1610. The van der Waals surface area contributed by atoms with Crippen molar-refractivity contribution in [2.75, 3.05) is 14.2 Å². The van der Waals surface area contributed by atoms with E-state index in [2.05, 4.69) is 4.98 Å². The van der Waals surface area contributed by atoms with Crippen molar-refractivity contribution >= 4 is 27.7 Å². The van der Waals surface area contributed by atoms with E-state index in [1.54, 1.807) is 50.6 Å². The summed E-state index contributed by atoms with van der Waals surface area (Å²) in [6.45, 7) is 0. The summed E-state index contributed by atoms with van der Waals surface area (Å²) in [5, 5.41) is 12.1. The highest BCUT2D eigenvalue weighted by atomic mass is 16.5. The molecule has 5 rings (SSSR count). The molecule has 35 heavy (non-hydrogen) atoms. The van der Waals surface area contributed by atoms with Crippen molar-refractivity contribution in [1.82, 2.24) is 4.98 Å². The minimum absolute atomic E-state index is 0.0960. The van der Waals surface area contributed by atoms with Gasteiger partial charge in [-0.15, -0.1) is 0 Å². The van der Waals surface area contributed by atoms with Gasteiger partial charge < -0.3 is 24.0 Å². The van der Waals surface area contributed by atoms with Crippen molar-refractivity contribution in [2.45, 2.75) is 12.3 Å². The van der Waals surface area contributed by atoms with Crippen LogP contribution in [0.2, 0.25) is 0 Å². The molecular weight excluding hydrogens is 446 g/mol. The second-order valence-corrected chi connectivity index (χ2v) is 8.19. The number of fused-ring (bicyclic) bond motifs is 2. The number of Topliss-reactive ketones (excluding diaryl/α,β-unsaturated/α-hetero) is 1. The maximum absolute atomic E-state index is 13.6. The molecule has 1 unspecified atom stereocenters. The van der Waals surface area contributed by atoms with E-state index in [0.29, 0.717) is 16.9 Å². The summed E-state index contributed by atoms with van der Waals surface area (Å²) in [7, 11) is 3.12. The first kappa shape index (κ1) is 22.3. The van der Waals surface area contributed by atoms with E-state index in [1.807, 2.05) is 36.5 Å². The van der Waals surface area contributed by atoms with Crippen molar-refractivity contribution < 1.29 is 23.8 Å². The maximum Gasteiger partial charge on any atom is 0.351 e. The molecule has 2 aromatic heterocycles. The molecule has 7 nitrogen and oxygen atoms in total. The number of hydrogen-bond donors (Lipinski definition) is 2. The van der Waals surface area contributed by atoms with Crippen LogP contribution in [0.5, 0.6) is 17.2 Å². The number of rotatable bonds is 7. The third-order valence-electron chi connectivity index (χ3n) is 6.27. The number of methoxy groups -OCH3 is 2. The number of para-hydroxylation sites is 2. The van der Waals surface area contributed by atoms with Crippen LogP contribution in [-0.4, -0.2) is 30.1 Å². The number of ether oxygens (including phenoxy) is 2. The summed E-state index contributed by atoms with van der Waals surface area (Å²) in [6.07, 6.45) is 1.76. The standard InChI is InChI=1S/C28H23NO6/c1-33-16-11-12-18(25(13-16)34-2)20(21-15-29-22-9-5-3-7-17(21)22)14-23(30)26-27(31)19-8-4-6-10-24(19)35-28(26)32/h3-13,15,20,29,31H,14H2,1-2H3. The van der Waals surface area contributed by atoms with Gasteiger partial charge in [0.2, 0.25) is 0 Å². The summed E-state index contributed by atoms with van der Waals surface area (Å²) >= 11 is 0. The van der Waals surface area contributed by atoms with Gasteiger partial charge in [0.1, 0.15) is 28.4 Å². The summed E-state index contributed by atoms with van der Waals surface area (Å²) in [4.78, 5) is 29.5. The number of benzene rings is 3. The van der Waals surface area contributed by atoms with Crippen molar-refractivity contribution in [3.8, 4) is 17.2 Å². The molecule has 2 heterocycles. The first-order chi connectivity index (χ1) is 17.0. The molecule has 176 valence electrons. The number of hydrogen-bond acceptors (Lipinski definition) is 6. The van der Waals surface area contributed by atoms with Crippen molar-refractivity contribution in [2.24, 2.45) is 0 Å². The second kappa shape index (κ2) is 9.02. The zero-order valence-electron chi connectivity index (χ0n) is 19.2. The lowest BCUT2D eigenvalue weighted by atomic mass is 9.85. The maximum atomic E-state index is 13.6. The molecule has 2 N–H and O–H groups in total. The minimum atomic E-state index is -0.870. The molecule has 3 aromatic carbocycles. The normalized spacial score (nSPS) is 12.1. The van der Waals surface area contributed by atoms with Crippen LogP contribution in [0.3, 0.4) is 0 Å². The SMILES string of the molecule is COc1ccc(C(CC(=O)c2c(O)c3ccccc3oc2=O)c2c[nH]c3ccccc23)c(OC)c1. The lowest BCUT2D eigenvalue weighted by molar-refractivity contribution is 0.0971. The van der Waals surface area contributed by atoms with Crippen LogP contribution in [0.1, 0.15) is 33.8 Å². The Kier molecular flexibility index (Phi) is 5.74. The smallest absolute Gasteiger partial charge is 0.351 e. The van der Waals surface area contributed by atoms with E-state index in [4.69, 9.17) is 13.9 Å². The van der Waals surface area contributed by atoms with Gasteiger partial charge in [0.25, 0.3) is 0 Å². The molecule has 0 aliphatic rings. The number of carbonyl (C=O) groups excluding carboxylic acids is 1. The molecule has 0 bridgehead atoms. The highest BCUT2D eigenvalue weighted by Crippen LogP contribution is 2.40. The Morgan fingerprint density at radius 1 is 0.971 bits per heavy atom. The van der Waals surface area contributed by atoms with Gasteiger partial charge in [-0.25, -0.2) is 4.79 Å². The number of nitrogens with one attached hydrogen (secondary N) is 1. The lowest BCUT2D eigenvalue weighted by Gasteiger charge is -2.20. The van der Waals surface area contributed by atoms with E-state index in [9.17, 15) is 14.7 Å². The van der Waals surface area contributed by atoms with Gasteiger partial charge in [0.05, 0.1) is 19.6 Å². The van der Waals surface area contributed by atoms with Gasteiger partial charge in [-0.05, 0) is 29.8 Å². The van der Waals surface area contributed by atoms with E-state index in [-0.39, 0.29) is 23.3 Å². The molecule has 7 heteroatoms. The topological polar surface area (TPSA) is 102 Å². The van der Waals surface area contributed by atoms with Crippen molar-refractivity contribution in [3.05, 3.63) is 100 Å². The molecule has 0 fully saturated rings. The number of aromatic nitrogens is 1. The van der Waals surface area contributed by atoms with Gasteiger partial charge >= 0.3 is 5.63 Å². The Labute approximate surface area is 200 Å². The third kappa shape index (κ3) is 3.91. The second-order valence-electron chi connectivity index (χ2n) is 8.19. The molecule has 0 saturated heterocycles. The molecule has 0 aliphatic carbocycles. The fourth-order valence-electron chi connectivity index (χ4n) is 4.54. The van der Waals surface area contributed by atoms with Crippen molar-refractivity contribution in [1.29, 1.82) is 0 Å².